The fraction of sp³-hybridized carbons (Fsp3) is 0.375. The molecular weight excluding hydrogens is 236 g/mol. The third kappa shape index (κ3) is 3.61. The number of likely N-dealkylation sites (N-methyl/N-ethyl adjacent to an activating group) is 1. The van der Waals surface area contributed by atoms with Crippen molar-refractivity contribution in [1.82, 2.24) is 15.3 Å². The molecular formula is C8H11ClN4O3. The van der Waals surface area contributed by atoms with Gasteiger partial charge in [0.25, 0.3) is 5.91 Å². The molecule has 7 nitrogen and oxygen atoms in total. The Bertz CT molecular complexity index is 374. The summed E-state index contributed by atoms with van der Waals surface area (Å²) in [5.74, 6) is -1.92. The maximum atomic E-state index is 10.1. The summed E-state index contributed by atoms with van der Waals surface area (Å²) in [6.45, 7) is -0.265. The maximum absolute atomic E-state index is 10.1. The van der Waals surface area contributed by atoms with Crippen LogP contribution in [0, 0.1) is 0 Å². The monoisotopic (exact) mass is 246 g/mol. The summed E-state index contributed by atoms with van der Waals surface area (Å²) in [6.07, 6.45) is 1.63. The van der Waals surface area contributed by atoms with Gasteiger partial charge in [-0.25, -0.2) is 9.97 Å². The summed E-state index contributed by atoms with van der Waals surface area (Å²) in [4.78, 5) is 19.0. The van der Waals surface area contributed by atoms with E-state index in [1.165, 1.54) is 11.1 Å². The molecule has 0 aliphatic rings. The molecule has 0 unspecified atom stereocenters. The second-order valence-electron chi connectivity index (χ2n) is 3.12. The number of aliphatic hydroxyl groups is 2. The molecule has 0 spiro atoms. The summed E-state index contributed by atoms with van der Waals surface area (Å²) in [5.41, 5.74) is 0. The highest BCUT2D eigenvalue weighted by Crippen LogP contribution is 2.11. The molecule has 0 aliphatic carbocycles. The van der Waals surface area contributed by atoms with Crippen LogP contribution in [0.15, 0.2) is 12.3 Å². The van der Waals surface area contributed by atoms with Gasteiger partial charge in [-0.05, 0) is 17.7 Å². The first-order valence-electron chi connectivity index (χ1n) is 4.30. The SMILES string of the molecule is CN(CC(O)(O)NC=O)c1ccnc(Cl)n1. The molecule has 0 aromatic carbocycles. The molecule has 88 valence electrons. The van der Waals surface area contributed by atoms with Gasteiger partial charge in [-0.1, -0.05) is 0 Å². The molecule has 1 amide bonds. The number of amides is 1. The molecule has 16 heavy (non-hydrogen) atoms. The van der Waals surface area contributed by atoms with Crippen molar-refractivity contribution in [3.05, 3.63) is 17.5 Å². The maximum Gasteiger partial charge on any atom is 0.264 e. The van der Waals surface area contributed by atoms with Crippen LogP contribution >= 0.6 is 11.6 Å². The molecule has 1 rings (SSSR count). The van der Waals surface area contributed by atoms with E-state index in [1.54, 1.807) is 13.1 Å². The van der Waals surface area contributed by atoms with E-state index in [4.69, 9.17) is 11.6 Å². The van der Waals surface area contributed by atoms with E-state index >= 15 is 0 Å². The molecule has 0 aliphatic heterocycles. The summed E-state index contributed by atoms with van der Waals surface area (Å²) in [7, 11) is 1.56. The van der Waals surface area contributed by atoms with Gasteiger partial charge in [-0.15, -0.1) is 0 Å². The lowest BCUT2D eigenvalue weighted by molar-refractivity contribution is -0.177. The first-order valence-corrected chi connectivity index (χ1v) is 4.68. The number of anilines is 1. The number of hydrogen-bond donors (Lipinski definition) is 3. The average Bonchev–Trinajstić information content (AvgIpc) is 2.16. The van der Waals surface area contributed by atoms with Crippen molar-refractivity contribution in [2.75, 3.05) is 18.5 Å². The molecule has 0 saturated heterocycles. The number of nitrogens with one attached hydrogen (secondary N) is 1. The van der Waals surface area contributed by atoms with Crippen molar-refractivity contribution in [2.45, 2.75) is 5.91 Å². The summed E-state index contributed by atoms with van der Waals surface area (Å²) >= 11 is 5.58. The van der Waals surface area contributed by atoms with Crippen molar-refractivity contribution >= 4 is 23.8 Å². The van der Waals surface area contributed by atoms with E-state index in [1.807, 2.05) is 5.32 Å². The Morgan fingerprint density at radius 1 is 1.69 bits per heavy atom. The number of rotatable bonds is 5. The highest BCUT2D eigenvalue weighted by molar-refractivity contribution is 6.28. The van der Waals surface area contributed by atoms with E-state index < -0.39 is 5.91 Å². The van der Waals surface area contributed by atoms with Crippen LogP contribution in [0.3, 0.4) is 0 Å². The number of halogens is 1. The number of hydrogen-bond acceptors (Lipinski definition) is 6. The van der Waals surface area contributed by atoms with Crippen molar-refractivity contribution in [3.8, 4) is 0 Å². The van der Waals surface area contributed by atoms with Crippen LogP contribution in [-0.4, -0.2) is 46.1 Å². The van der Waals surface area contributed by atoms with Crippen LogP contribution in [-0.2, 0) is 4.79 Å². The van der Waals surface area contributed by atoms with Crippen molar-refractivity contribution in [2.24, 2.45) is 0 Å². The average molecular weight is 247 g/mol. The topological polar surface area (TPSA) is 98.6 Å². The van der Waals surface area contributed by atoms with Gasteiger partial charge in [-0.3, -0.25) is 4.79 Å². The van der Waals surface area contributed by atoms with Crippen LogP contribution < -0.4 is 10.2 Å². The highest BCUT2D eigenvalue weighted by Gasteiger charge is 2.24. The lowest BCUT2D eigenvalue weighted by atomic mass is 10.4. The lowest BCUT2D eigenvalue weighted by Crippen LogP contribution is -2.52. The second kappa shape index (κ2) is 5.06. The molecule has 1 aromatic rings. The molecule has 0 bridgehead atoms. The predicted octanol–water partition coefficient (Wildman–Crippen LogP) is -1.05. The quantitative estimate of drug-likeness (QED) is 0.348. The van der Waals surface area contributed by atoms with Gasteiger partial charge >= 0.3 is 0 Å². The Balaban J connectivity index is 2.72. The fourth-order valence-corrected chi connectivity index (χ4v) is 1.23. The van der Waals surface area contributed by atoms with Crippen LogP contribution in [0.1, 0.15) is 0 Å². The minimum atomic E-state index is -2.33. The Hall–Kier alpha value is -1.44. The van der Waals surface area contributed by atoms with Gasteiger partial charge in [0, 0.05) is 13.2 Å². The second-order valence-corrected chi connectivity index (χ2v) is 3.46. The van der Waals surface area contributed by atoms with E-state index in [9.17, 15) is 15.0 Å². The Kier molecular flexibility index (Phi) is 3.99. The van der Waals surface area contributed by atoms with E-state index in [0.717, 1.165) is 0 Å². The van der Waals surface area contributed by atoms with Crippen LogP contribution in [0.5, 0.6) is 0 Å². The summed E-state index contributed by atoms with van der Waals surface area (Å²) in [6, 6.07) is 1.54. The molecule has 0 saturated carbocycles. The zero-order valence-corrected chi connectivity index (χ0v) is 9.22. The molecule has 8 heteroatoms. The predicted molar refractivity (Wildman–Crippen MR) is 56.7 cm³/mol. The van der Waals surface area contributed by atoms with Gasteiger partial charge in [0.15, 0.2) is 0 Å². The van der Waals surface area contributed by atoms with E-state index in [0.29, 0.717) is 5.82 Å². The number of carbonyl (C=O) groups is 1. The number of carbonyl (C=O) groups excluding carboxylic acids is 1. The van der Waals surface area contributed by atoms with Crippen LogP contribution in [0.4, 0.5) is 5.82 Å². The van der Waals surface area contributed by atoms with Gasteiger partial charge < -0.3 is 20.4 Å². The standard InChI is InChI=1S/C8H11ClN4O3/c1-13(4-8(15,16)11-5-14)6-2-3-10-7(9)12-6/h2-3,5,15-16H,4H2,1H3,(H,11,14). The first kappa shape index (κ1) is 12.6. The van der Waals surface area contributed by atoms with E-state index in [-0.39, 0.29) is 18.2 Å². The molecule has 0 fully saturated rings. The molecule has 1 aromatic heterocycles. The fourth-order valence-electron chi connectivity index (χ4n) is 1.09. The first-order chi connectivity index (χ1) is 7.44. The molecule has 0 radical (unpaired) electrons. The summed E-state index contributed by atoms with van der Waals surface area (Å²) in [5, 5.41) is 20.5. The zero-order chi connectivity index (χ0) is 12.2. The van der Waals surface area contributed by atoms with Crippen molar-refractivity contribution in [3.63, 3.8) is 0 Å². The smallest absolute Gasteiger partial charge is 0.264 e. The minimum Gasteiger partial charge on any atom is -0.352 e. The van der Waals surface area contributed by atoms with Crippen LogP contribution in [0.25, 0.3) is 0 Å². The molecule has 1 heterocycles. The zero-order valence-electron chi connectivity index (χ0n) is 8.46. The number of aromatic nitrogens is 2. The number of nitrogens with zero attached hydrogens (tertiary/aromatic N) is 3. The van der Waals surface area contributed by atoms with Crippen molar-refractivity contribution in [1.29, 1.82) is 0 Å². The molecule has 0 atom stereocenters. The van der Waals surface area contributed by atoms with Gasteiger partial charge in [-0.2, -0.15) is 0 Å². The highest BCUT2D eigenvalue weighted by atomic mass is 35.5. The Morgan fingerprint density at radius 2 is 2.38 bits per heavy atom. The third-order valence-electron chi connectivity index (χ3n) is 1.75. The van der Waals surface area contributed by atoms with Crippen LogP contribution in [0.2, 0.25) is 5.28 Å². The van der Waals surface area contributed by atoms with E-state index in [2.05, 4.69) is 9.97 Å². The Labute approximate surface area is 96.7 Å². The summed E-state index contributed by atoms with van der Waals surface area (Å²) < 4.78 is 0. The van der Waals surface area contributed by atoms with Gasteiger partial charge in [0.1, 0.15) is 5.82 Å². The van der Waals surface area contributed by atoms with Gasteiger partial charge in [0.2, 0.25) is 11.7 Å². The Morgan fingerprint density at radius 3 is 2.94 bits per heavy atom. The van der Waals surface area contributed by atoms with Gasteiger partial charge in [0.05, 0.1) is 6.54 Å². The molecule has 3 N–H and O–H groups in total. The third-order valence-corrected chi connectivity index (χ3v) is 1.93. The minimum absolute atomic E-state index is 0.0502. The van der Waals surface area contributed by atoms with Crippen molar-refractivity contribution < 1.29 is 15.0 Å². The lowest BCUT2D eigenvalue weighted by Gasteiger charge is -2.27. The normalized spacial score (nSPS) is 11.0. The largest absolute Gasteiger partial charge is 0.352 e.